The fourth-order valence-corrected chi connectivity index (χ4v) is 5.78. The highest BCUT2D eigenvalue weighted by atomic mass is 15.3. The average Bonchev–Trinajstić information content (AvgIpc) is 3.05. The molecule has 5 rings (SSSR count). The summed E-state index contributed by atoms with van der Waals surface area (Å²) >= 11 is 0. The molecule has 3 heterocycles. The summed E-state index contributed by atoms with van der Waals surface area (Å²) in [5, 5.41) is 3.70. The van der Waals surface area contributed by atoms with E-state index in [9.17, 15) is 0 Å². The molecule has 0 spiro atoms. The molecule has 4 atom stereocenters. The number of aromatic nitrogens is 2. The van der Waals surface area contributed by atoms with E-state index in [1.807, 2.05) is 0 Å². The van der Waals surface area contributed by atoms with Crippen molar-refractivity contribution >= 4 is 11.8 Å². The molecular weight excluding hydrogens is 298 g/mol. The van der Waals surface area contributed by atoms with Crippen LogP contribution in [0.3, 0.4) is 0 Å². The molecule has 0 radical (unpaired) electrons. The van der Waals surface area contributed by atoms with E-state index < -0.39 is 0 Å². The van der Waals surface area contributed by atoms with Gasteiger partial charge in [0.05, 0.1) is 5.69 Å². The van der Waals surface area contributed by atoms with Crippen LogP contribution in [0.2, 0.25) is 0 Å². The Hall–Kier alpha value is -1.36. The summed E-state index contributed by atoms with van der Waals surface area (Å²) in [4.78, 5) is 12.0. The quantitative estimate of drug-likeness (QED) is 0.829. The van der Waals surface area contributed by atoms with Crippen molar-refractivity contribution in [1.29, 1.82) is 0 Å². The molecule has 130 valence electrons. The van der Waals surface area contributed by atoms with E-state index in [-0.39, 0.29) is 0 Å². The number of hydrogen-bond donors (Lipinski definition) is 2. The number of hydrogen-bond acceptors (Lipinski definition) is 5. The lowest BCUT2D eigenvalue weighted by molar-refractivity contribution is 0.270. The number of piperidine rings is 1. The molecule has 5 heteroatoms. The molecule has 4 aliphatic rings. The van der Waals surface area contributed by atoms with Crippen LogP contribution in [0.15, 0.2) is 0 Å². The molecule has 1 aromatic rings. The van der Waals surface area contributed by atoms with Crippen molar-refractivity contribution in [2.75, 3.05) is 30.3 Å². The van der Waals surface area contributed by atoms with Gasteiger partial charge in [0.25, 0.3) is 0 Å². The number of fused-ring (bicyclic) bond motifs is 4. The van der Waals surface area contributed by atoms with Crippen molar-refractivity contribution in [1.82, 2.24) is 15.3 Å². The van der Waals surface area contributed by atoms with Crippen LogP contribution in [0.25, 0.3) is 0 Å². The number of anilines is 2. The van der Waals surface area contributed by atoms with Crippen LogP contribution >= 0.6 is 0 Å². The molecule has 0 aromatic carbocycles. The first-order valence-electron chi connectivity index (χ1n) is 9.94. The number of rotatable bonds is 1. The largest absolute Gasteiger partial charge is 0.368 e. The summed E-state index contributed by atoms with van der Waals surface area (Å²) in [6, 6.07) is 0.636. The van der Waals surface area contributed by atoms with Crippen molar-refractivity contribution < 1.29 is 0 Å². The highest BCUT2D eigenvalue weighted by molar-refractivity contribution is 5.55. The van der Waals surface area contributed by atoms with Gasteiger partial charge in [0.2, 0.25) is 5.95 Å². The second-order valence-corrected chi connectivity index (χ2v) is 8.33. The Morgan fingerprint density at radius 3 is 2.75 bits per heavy atom. The lowest BCUT2D eigenvalue weighted by atomic mass is 9.70. The molecule has 1 aromatic heterocycles. The normalized spacial score (nSPS) is 35.2. The molecule has 1 saturated carbocycles. The van der Waals surface area contributed by atoms with Crippen LogP contribution in [0, 0.1) is 11.8 Å². The second kappa shape index (κ2) is 5.87. The molecule has 3 fully saturated rings. The van der Waals surface area contributed by atoms with Gasteiger partial charge in [0.15, 0.2) is 0 Å². The molecule has 24 heavy (non-hydrogen) atoms. The van der Waals surface area contributed by atoms with Gasteiger partial charge in [-0.15, -0.1) is 0 Å². The van der Waals surface area contributed by atoms with Crippen molar-refractivity contribution in [3.8, 4) is 0 Å². The van der Waals surface area contributed by atoms with Crippen molar-refractivity contribution in [3.05, 3.63) is 11.3 Å². The zero-order valence-corrected chi connectivity index (χ0v) is 14.5. The first kappa shape index (κ1) is 14.9. The van der Waals surface area contributed by atoms with Crippen molar-refractivity contribution in [3.63, 3.8) is 0 Å². The van der Waals surface area contributed by atoms with E-state index in [0.717, 1.165) is 37.2 Å². The molecule has 2 saturated heterocycles. The smallest absolute Gasteiger partial charge is 0.222 e. The topological polar surface area (TPSA) is 67.1 Å². The van der Waals surface area contributed by atoms with E-state index in [0.29, 0.717) is 17.9 Å². The first-order chi connectivity index (χ1) is 11.8. The summed E-state index contributed by atoms with van der Waals surface area (Å²) in [6.45, 7) is 3.39. The lowest BCUT2D eigenvalue weighted by Gasteiger charge is -2.37. The fraction of sp³-hybridized carbons (Fsp3) is 0.789. The lowest BCUT2D eigenvalue weighted by Crippen LogP contribution is -2.40. The Morgan fingerprint density at radius 1 is 0.958 bits per heavy atom. The minimum atomic E-state index is 0.484. The van der Waals surface area contributed by atoms with Gasteiger partial charge in [-0.1, -0.05) is 12.8 Å². The Bertz CT molecular complexity index is 616. The molecular formula is C19H29N5. The van der Waals surface area contributed by atoms with Gasteiger partial charge in [0.1, 0.15) is 5.82 Å². The summed E-state index contributed by atoms with van der Waals surface area (Å²) in [6.07, 6.45) is 10.5. The molecule has 3 N–H and O–H groups in total. The third-order valence-electron chi connectivity index (χ3n) is 6.96. The van der Waals surface area contributed by atoms with Crippen LogP contribution in [-0.4, -0.2) is 35.6 Å². The van der Waals surface area contributed by atoms with Gasteiger partial charge in [-0.25, -0.2) is 4.98 Å². The zero-order chi connectivity index (χ0) is 16.1. The van der Waals surface area contributed by atoms with Gasteiger partial charge in [-0.2, -0.15) is 4.98 Å². The van der Waals surface area contributed by atoms with Crippen LogP contribution in [0.5, 0.6) is 0 Å². The standard InChI is InChI=1S/C19H29N5/c20-19-22-17-14-6-2-1-4-12(14)7-8-15(17)18(23-19)24-10-13-5-3-9-21-16(13)11-24/h12-14,16,21H,1-11H2,(H2,20,22,23)/t12-,13+,14-,16-/m1/s1. The monoisotopic (exact) mass is 327 g/mol. The molecule has 2 aliphatic carbocycles. The maximum absolute atomic E-state index is 6.15. The maximum Gasteiger partial charge on any atom is 0.222 e. The third-order valence-corrected chi connectivity index (χ3v) is 6.96. The van der Waals surface area contributed by atoms with Crippen molar-refractivity contribution in [2.45, 2.75) is 63.3 Å². The van der Waals surface area contributed by atoms with Crippen LogP contribution in [-0.2, 0) is 6.42 Å². The van der Waals surface area contributed by atoms with Gasteiger partial charge < -0.3 is 16.0 Å². The highest BCUT2D eigenvalue weighted by Gasteiger charge is 2.39. The second-order valence-electron chi connectivity index (χ2n) is 8.33. The molecule has 5 nitrogen and oxygen atoms in total. The first-order valence-corrected chi connectivity index (χ1v) is 9.94. The Kier molecular flexibility index (Phi) is 3.65. The van der Waals surface area contributed by atoms with Crippen LogP contribution in [0.4, 0.5) is 11.8 Å². The van der Waals surface area contributed by atoms with Crippen LogP contribution in [0.1, 0.15) is 62.1 Å². The summed E-state index contributed by atoms with van der Waals surface area (Å²) < 4.78 is 0. The van der Waals surface area contributed by atoms with Gasteiger partial charge in [0, 0.05) is 30.6 Å². The molecule has 0 amide bonds. The van der Waals surface area contributed by atoms with E-state index in [1.54, 1.807) is 0 Å². The van der Waals surface area contributed by atoms with Crippen molar-refractivity contribution in [2.24, 2.45) is 11.8 Å². The van der Waals surface area contributed by atoms with E-state index in [2.05, 4.69) is 10.2 Å². The van der Waals surface area contributed by atoms with Gasteiger partial charge in [-0.3, -0.25) is 0 Å². The predicted octanol–water partition coefficient (Wildman–Crippen LogP) is 2.47. The number of nitrogens with two attached hydrogens (primary N) is 1. The summed E-state index contributed by atoms with van der Waals surface area (Å²) in [7, 11) is 0. The van der Waals surface area contributed by atoms with E-state index >= 15 is 0 Å². The van der Waals surface area contributed by atoms with Gasteiger partial charge >= 0.3 is 0 Å². The van der Waals surface area contributed by atoms with Crippen LogP contribution < -0.4 is 16.0 Å². The molecule has 2 aliphatic heterocycles. The third kappa shape index (κ3) is 2.40. The number of nitrogens with one attached hydrogen (secondary N) is 1. The van der Waals surface area contributed by atoms with Gasteiger partial charge in [-0.05, 0) is 56.9 Å². The average molecular weight is 327 g/mol. The SMILES string of the molecule is Nc1nc2c(c(N3C[C@@H]4CCCN[C@@H]4C3)n1)CC[C@H]1CCCC[C@@H]21. The number of nitrogens with zero attached hydrogens (tertiary/aromatic N) is 3. The molecule has 0 unspecified atom stereocenters. The van der Waals surface area contributed by atoms with E-state index in [1.165, 1.54) is 62.7 Å². The zero-order valence-electron chi connectivity index (χ0n) is 14.5. The Morgan fingerprint density at radius 2 is 1.83 bits per heavy atom. The maximum atomic E-state index is 6.15. The minimum absolute atomic E-state index is 0.484. The fourth-order valence-electron chi connectivity index (χ4n) is 5.78. The number of nitrogen functional groups attached to an aromatic ring is 1. The molecule has 0 bridgehead atoms. The Labute approximate surface area is 144 Å². The summed E-state index contributed by atoms with van der Waals surface area (Å²) in [5.41, 5.74) is 8.88. The summed E-state index contributed by atoms with van der Waals surface area (Å²) in [5.74, 6) is 3.89. The van der Waals surface area contributed by atoms with E-state index in [4.69, 9.17) is 15.7 Å². The highest BCUT2D eigenvalue weighted by Crippen LogP contribution is 2.46. The Balaban J connectivity index is 1.50. The predicted molar refractivity (Wildman–Crippen MR) is 96.2 cm³/mol. The minimum Gasteiger partial charge on any atom is -0.368 e.